The third-order valence-electron chi connectivity index (χ3n) is 6.16. The number of ether oxygens (including phenoxy) is 2. The smallest absolute Gasteiger partial charge is 0.255 e. The van der Waals surface area contributed by atoms with Crippen molar-refractivity contribution in [3.63, 3.8) is 0 Å². The maximum Gasteiger partial charge on any atom is 0.255 e. The van der Waals surface area contributed by atoms with Gasteiger partial charge >= 0.3 is 0 Å². The Morgan fingerprint density at radius 1 is 1.12 bits per heavy atom. The molecule has 2 aliphatic heterocycles. The maximum absolute atomic E-state index is 14.5. The van der Waals surface area contributed by atoms with E-state index < -0.39 is 11.7 Å². The van der Waals surface area contributed by atoms with Crippen LogP contribution in [0.5, 0.6) is 5.75 Å². The van der Waals surface area contributed by atoms with Gasteiger partial charge in [-0.25, -0.2) is 4.39 Å². The fourth-order valence-electron chi connectivity index (χ4n) is 4.32. The van der Waals surface area contributed by atoms with Gasteiger partial charge in [0.2, 0.25) is 0 Å². The minimum absolute atomic E-state index is 0.113. The lowest BCUT2D eigenvalue weighted by molar-refractivity contribution is 0.0679. The average molecular weight is 451 g/mol. The van der Waals surface area contributed by atoms with Crippen molar-refractivity contribution in [3.05, 3.63) is 59.7 Å². The summed E-state index contributed by atoms with van der Waals surface area (Å²) in [4.78, 5) is 12.7. The second kappa shape index (κ2) is 9.70. The van der Waals surface area contributed by atoms with E-state index in [1.807, 2.05) is 0 Å². The lowest BCUT2D eigenvalue weighted by atomic mass is 10.1. The molecule has 1 unspecified atom stereocenters. The van der Waals surface area contributed by atoms with E-state index in [1.54, 1.807) is 36.4 Å². The van der Waals surface area contributed by atoms with Gasteiger partial charge < -0.3 is 19.4 Å². The van der Waals surface area contributed by atoms with Crippen molar-refractivity contribution in [2.45, 2.75) is 51.2 Å². The molecule has 0 bridgehead atoms. The zero-order valence-electron chi connectivity index (χ0n) is 18.4. The number of aromatic nitrogens is 3. The molecular weight excluding hydrogens is 423 g/mol. The monoisotopic (exact) mass is 450 g/mol. The van der Waals surface area contributed by atoms with Gasteiger partial charge in [0.15, 0.2) is 5.82 Å². The Balaban J connectivity index is 1.28. The van der Waals surface area contributed by atoms with Crippen molar-refractivity contribution in [2.75, 3.05) is 18.5 Å². The van der Waals surface area contributed by atoms with Crippen LogP contribution in [0.4, 0.5) is 10.1 Å². The van der Waals surface area contributed by atoms with Gasteiger partial charge in [-0.1, -0.05) is 6.42 Å². The number of nitrogens with zero attached hydrogens (tertiary/aromatic N) is 3. The number of nitrogens with one attached hydrogen (secondary N) is 1. The molecule has 172 valence electrons. The normalized spacial score (nSPS) is 17.9. The van der Waals surface area contributed by atoms with E-state index in [-0.39, 0.29) is 11.8 Å². The maximum atomic E-state index is 14.5. The summed E-state index contributed by atoms with van der Waals surface area (Å²) in [6.45, 7) is 2.12. The Morgan fingerprint density at radius 2 is 2.00 bits per heavy atom. The summed E-state index contributed by atoms with van der Waals surface area (Å²) < 4.78 is 27.9. The molecule has 1 amide bonds. The Hall–Kier alpha value is -3.26. The largest absolute Gasteiger partial charge is 0.491 e. The SMILES string of the molecule is O=C(Nc1cc(-c2nnc3n2CCCCC3)ccc1F)c1ccc(OCC2CCCO2)cc1. The predicted molar refractivity (Wildman–Crippen MR) is 122 cm³/mol. The highest BCUT2D eigenvalue weighted by atomic mass is 19.1. The Kier molecular flexibility index (Phi) is 6.35. The Bertz CT molecular complexity index is 1120. The minimum Gasteiger partial charge on any atom is -0.491 e. The van der Waals surface area contributed by atoms with E-state index in [2.05, 4.69) is 20.1 Å². The van der Waals surface area contributed by atoms with Crippen molar-refractivity contribution < 1.29 is 18.7 Å². The number of benzene rings is 2. The molecule has 1 atom stereocenters. The molecule has 5 rings (SSSR count). The highest BCUT2D eigenvalue weighted by molar-refractivity contribution is 6.04. The molecule has 2 aliphatic rings. The molecule has 1 fully saturated rings. The Labute approximate surface area is 191 Å². The number of aryl methyl sites for hydroxylation is 1. The van der Waals surface area contributed by atoms with Crippen LogP contribution in [0.1, 0.15) is 48.3 Å². The van der Waals surface area contributed by atoms with Gasteiger partial charge in [0.25, 0.3) is 5.91 Å². The molecule has 0 saturated carbocycles. The third kappa shape index (κ3) is 4.90. The van der Waals surface area contributed by atoms with Crippen LogP contribution in [0.2, 0.25) is 0 Å². The minimum atomic E-state index is -0.501. The van der Waals surface area contributed by atoms with E-state index >= 15 is 0 Å². The molecule has 0 radical (unpaired) electrons. The van der Waals surface area contributed by atoms with Crippen LogP contribution in [0, 0.1) is 5.82 Å². The average Bonchev–Trinajstić information content (AvgIpc) is 3.44. The molecule has 0 spiro atoms. The number of hydrogen-bond acceptors (Lipinski definition) is 5. The van der Waals surface area contributed by atoms with Gasteiger partial charge in [-0.2, -0.15) is 0 Å². The zero-order chi connectivity index (χ0) is 22.6. The van der Waals surface area contributed by atoms with Gasteiger partial charge in [-0.15, -0.1) is 10.2 Å². The Morgan fingerprint density at radius 3 is 2.82 bits per heavy atom. The molecule has 1 saturated heterocycles. The molecule has 1 N–H and O–H groups in total. The van der Waals surface area contributed by atoms with Crippen LogP contribution >= 0.6 is 0 Å². The lowest BCUT2D eigenvalue weighted by Gasteiger charge is -2.12. The summed E-state index contributed by atoms with van der Waals surface area (Å²) in [5.41, 5.74) is 1.26. The molecule has 8 heteroatoms. The van der Waals surface area contributed by atoms with Crippen molar-refractivity contribution in [2.24, 2.45) is 0 Å². The quantitative estimate of drug-likeness (QED) is 0.593. The summed E-state index contributed by atoms with van der Waals surface area (Å²) in [6.07, 6.45) is 6.41. The third-order valence-corrected chi connectivity index (χ3v) is 6.16. The highest BCUT2D eigenvalue weighted by Crippen LogP contribution is 2.27. The summed E-state index contributed by atoms with van der Waals surface area (Å²) in [5.74, 6) is 1.44. The second-order valence-electron chi connectivity index (χ2n) is 8.52. The van der Waals surface area contributed by atoms with Crippen molar-refractivity contribution in [1.29, 1.82) is 0 Å². The number of carbonyl (C=O) groups is 1. The number of carbonyl (C=O) groups excluding carboxylic acids is 1. The number of fused-ring (bicyclic) bond motifs is 1. The number of rotatable bonds is 6. The standard InChI is InChI=1S/C25H27FN4O3/c26-21-12-9-18(24-29-28-23-6-2-1-3-13-30(23)24)15-22(21)27-25(31)17-7-10-19(11-8-17)33-16-20-5-4-14-32-20/h7-12,15,20H,1-6,13-14,16H2,(H,27,31). The first-order valence-electron chi connectivity index (χ1n) is 11.6. The summed E-state index contributed by atoms with van der Waals surface area (Å²) in [7, 11) is 0. The van der Waals surface area contributed by atoms with E-state index in [0.717, 1.165) is 63.1 Å². The van der Waals surface area contributed by atoms with Crippen molar-refractivity contribution in [3.8, 4) is 17.1 Å². The molecule has 2 aromatic carbocycles. The topological polar surface area (TPSA) is 78.3 Å². The summed E-state index contributed by atoms with van der Waals surface area (Å²) in [6, 6.07) is 11.5. The van der Waals surface area contributed by atoms with Gasteiger partial charge in [-0.05, 0) is 68.1 Å². The van der Waals surface area contributed by atoms with Crippen LogP contribution in [0.3, 0.4) is 0 Å². The molecular formula is C25H27FN4O3. The number of halogens is 1. The van der Waals surface area contributed by atoms with Crippen molar-refractivity contribution in [1.82, 2.24) is 14.8 Å². The molecule has 3 aromatic rings. The second-order valence-corrected chi connectivity index (χ2v) is 8.52. The summed E-state index contributed by atoms with van der Waals surface area (Å²) in [5, 5.41) is 11.3. The number of amides is 1. The molecule has 7 nitrogen and oxygen atoms in total. The molecule has 0 aliphatic carbocycles. The zero-order valence-corrected chi connectivity index (χ0v) is 18.4. The molecule has 3 heterocycles. The summed E-state index contributed by atoms with van der Waals surface area (Å²) >= 11 is 0. The fraction of sp³-hybridized carbons (Fsp3) is 0.400. The molecule has 1 aromatic heterocycles. The predicted octanol–water partition coefficient (Wildman–Crippen LogP) is 4.62. The first-order valence-corrected chi connectivity index (χ1v) is 11.6. The van der Waals surface area contributed by atoms with E-state index in [9.17, 15) is 9.18 Å². The highest BCUT2D eigenvalue weighted by Gasteiger charge is 2.19. The first kappa shape index (κ1) is 21.6. The van der Waals surface area contributed by atoms with Crippen LogP contribution in [-0.4, -0.2) is 40.0 Å². The van der Waals surface area contributed by atoms with Crippen LogP contribution in [0.25, 0.3) is 11.4 Å². The van der Waals surface area contributed by atoms with Gasteiger partial charge in [0.1, 0.15) is 24.0 Å². The van der Waals surface area contributed by atoms with Gasteiger partial charge in [0.05, 0.1) is 11.8 Å². The van der Waals surface area contributed by atoms with Crippen LogP contribution < -0.4 is 10.1 Å². The van der Waals surface area contributed by atoms with E-state index in [1.165, 1.54) is 6.07 Å². The van der Waals surface area contributed by atoms with Crippen LogP contribution in [-0.2, 0) is 17.7 Å². The van der Waals surface area contributed by atoms with E-state index in [0.29, 0.717) is 23.7 Å². The van der Waals surface area contributed by atoms with Crippen molar-refractivity contribution >= 4 is 11.6 Å². The lowest BCUT2D eigenvalue weighted by Crippen LogP contribution is -2.16. The fourth-order valence-corrected chi connectivity index (χ4v) is 4.32. The van der Waals surface area contributed by atoms with E-state index in [4.69, 9.17) is 9.47 Å². The molecule has 33 heavy (non-hydrogen) atoms. The first-order chi connectivity index (χ1) is 16.2. The van der Waals surface area contributed by atoms with Crippen LogP contribution in [0.15, 0.2) is 42.5 Å². The van der Waals surface area contributed by atoms with Gasteiger partial charge in [-0.3, -0.25) is 4.79 Å². The number of anilines is 1. The van der Waals surface area contributed by atoms with Gasteiger partial charge in [0, 0.05) is 30.7 Å². The number of hydrogen-bond donors (Lipinski definition) is 1.